The SMILES string of the molecule is CC(Br)c1ccc2c(c1)[nH]c(=O)c1cnn(C)c12. The summed E-state index contributed by atoms with van der Waals surface area (Å²) >= 11 is 3.53. The second-order valence-electron chi connectivity index (χ2n) is 4.41. The van der Waals surface area contributed by atoms with E-state index in [2.05, 4.69) is 39.0 Å². The first kappa shape index (κ1) is 11.5. The molecule has 92 valence electrons. The molecule has 2 aromatic heterocycles. The van der Waals surface area contributed by atoms with E-state index in [0.29, 0.717) is 5.39 Å². The van der Waals surface area contributed by atoms with Crippen molar-refractivity contribution < 1.29 is 0 Å². The smallest absolute Gasteiger partial charge is 0.259 e. The van der Waals surface area contributed by atoms with Gasteiger partial charge in [-0.3, -0.25) is 9.48 Å². The van der Waals surface area contributed by atoms with Crippen LogP contribution in [0.5, 0.6) is 0 Å². The van der Waals surface area contributed by atoms with E-state index in [1.165, 1.54) is 0 Å². The highest BCUT2D eigenvalue weighted by Crippen LogP contribution is 2.27. The first-order valence-electron chi connectivity index (χ1n) is 5.69. The fraction of sp³-hybridized carbons (Fsp3) is 0.231. The highest BCUT2D eigenvalue weighted by molar-refractivity contribution is 9.09. The van der Waals surface area contributed by atoms with E-state index < -0.39 is 0 Å². The van der Waals surface area contributed by atoms with Crippen LogP contribution in [0.25, 0.3) is 21.8 Å². The number of aromatic amines is 1. The van der Waals surface area contributed by atoms with Crippen molar-refractivity contribution in [1.29, 1.82) is 0 Å². The van der Waals surface area contributed by atoms with Gasteiger partial charge in [0.2, 0.25) is 0 Å². The lowest BCUT2D eigenvalue weighted by Crippen LogP contribution is -2.06. The third-order valence-electron chi connectivity index (χ3n) is 3.19. The number of aryl methyl sites for hydroxylation is 1. The average Bonchev–Trinajstić information content (AvgIpc) is 2.72. The molecule has 3 rings (SSSR count). The minimum absolute atomic E-state index is 0.0926. The molecule has 0 saturated carbocycles. The lowest BCUT2D eigenvalue weighted by molar-refractivity contribution is 0.799. The predicted molar refractivity (Wildman–Crippen MR) is 76.2 cm³/mol. The van der Waals surface area contributed by atoms with Crippen molar-refractivity contribution in [3.63, 3.8) is 0 Å². The van der Waals surface area contributed by atoms with E-state index in [1.54, 1.807) is 10.9 Å². The Balaban J connectivity index is 2.49. The van der Waals surface area contributed by atoms with Crippen molar-refractivity contribution in [2.45, 2.75) is 11.8 Å². The number of nitrogens with zero attached hydrogens (tertiary/aromatic N) is 2. The molecule has 0 aliphatic heterocycles. The molecule has 1 unspecified atom stereocenters. The first-order valence-corrected chi connectivity index (χ1v) is 6.61. The maximum atomic E-state index is 12.0. The number of hydrogen-bond acceptors (Lipinski definition) is 2. The van der Waals surface area contributed by atoms with Crippen molar-refractivity contribution in [2.24, 2.45) is 7.05 Å². The van der Waals surface area contributed by atoms with E-state index >= 15 is 0 Å². The number of alkyl halides is 1. The monoisotopic (exact) mass is 305 g/mol. The molecule has 0 saturated heterocycles. The molecular weight excluding hydrogens is 294 g/mol. The number of aromatic nitrogens is 3. The van der Waals surface area contributed by atoms with Gasteiger partial charge in [0.05, 0.1) is 22.6 Å². The van der Waals surface area contributed by atoms with Crippen molar-refractivity contribution in [2.75, 3.05) is 0 Å². The number of hydrogen-bond donors (Lipinski definition) is 1. The normalized spacial score (nSPS) is 13.3. The minimum atomic E-state index is -0.0926. The van der Waals surface area contributed by atoms with Crippen molar-refractivity contribution in [1.82, 2.24) is 14.8 Å². The zero-order chi connectivity index (χ0) is 12.9. The predicted octanol–water partition coefficient (Wildman–Crippen LogP) is 2.87. The van der Waals surface area contributed by atoms with Crippen LogP contribution < -0.4 is 5.56 Å². The molecule has 4 nitrogen and oxygen atoms in total. The molecule has 0 bridgehead atoms. The van der Waals surface area contributed by atoms with Crippen LogP contribution in [0.4, 0.5) is 0 Å². The maximum absolute atomic E-state index is 12.0. The third kappa shape index (κ3) is 1.58. The molecule has 3 aromatic rings. The maximum Gasteiger partial charge on any atom is 0.259 e. The van der Waals surface area contributed by atoms with Crippen LogP contribution in [0, 0.1) is 0 Å². The van der Waals surface area contributed by atoms with Gasteiger partial charge in [0.25, 0.3) is 5.56 Å². The summed E-state index contributed by atoms with van der Waals surface area (Å²) in [6.45, 7) is 2.06. The number of rotatable bonds is 1. The van der Waals surface area contributed by atoms with E-state index in [0.717, 1.165) is 22.0 Å². The van der Waals surface area contributed by atoms with Gasteiger partial charge in [-0.1, -0.05) is 28.1 Å². The number of nitrogens with one attached hydrogen (secondary N) is 1. The Morgan fingerprint density at radius 2 is 2.17 bits per heavy atom. The minimum Gasteiger partial charge on any atom is -0.321 e. The Morgan fingerprint density at radius 1 is 1.39 bits per heavy atom. The molecule has 5 heteroatoms. The second kappa shape index (κ2) is 3.95. The van der Waals surface area contributed by atoms with Gasteiger partial charge in [0.1, 0.15) is 0 Å². The molecule has 1 atom stereocenters. The van der Waals surface area contributed by atoms with Crippen molar-refractivity contribution >= 4 is 37.7 Å². The largest absolute Gasteiger partial charge is 0.321 e. The van der Waals surface area contributed by atoms with Crippen LogP contribution in [0.15, 0.2) is 29.2 Å². The summed E-state index contributed by atoms with van der Waals surface area (Å²) in [7, 11) is 1.85. The Hall–Kier alpha value is -1.62. The van der Waals surface area contributed by atoms with Gasteiger partial charge >= 0.3 is 0 Å². The Kier molecular flexibility index (Phi) is 2.52. The fourth-order valence-corrected chi connectivity index (χ4v) is 2.52. The van der Waals surface area contributed by atoms with E-state index in [4.69, 9.17) is 0 Å². The lowest BCUT2D eigenvalue weighted by atomic mass is 10.1. The molecule has 0 radical (unpaired) electrons. The van der Waals surface area contributed by atoms with Crippen molar-refractivity contribution in [3.05, 3.63) is 40.3 Å². The van der Waals surface area contributed by atoms with Crippen LogP contribution in [0.3, 0.4) is 0 Å². The van der Waals surface area contributed by atoms with Gasteiger partial charge in [-0.25, -0.2) is 0 Å². The summed E-state index contributed by atoms with van der Waals surface area (Å²) in [5, 5.41) is 5.80. The van der Waals surface area contributed by atoms with Gasteiger partial charge in [0, 0.05) is 17.3 Å². The summed E-state index contributed by atoms with van der Waals surface area (Å²) in [5.74, 6) is 0. The summed E-state index contributed by atoms with van der Waals surface area (Å²) < 4.78 is 1.74. The fourth-order valence-electron chi connectivity index (χ4n) is 2.23. The summed E-state index contributed by atoms with van der Waals surface area (Å²) in [4.78, 5) is 15.1. The molecule has 2 heterocycles. The van der Waals surface area contributed by atoms with Gasteiger partial charge in [-0.2, -0.15) is 5.10 Å². The summed E-state index contributed by atoms with van der Waals surface area (Å²) in [6, 6.07) is 6.09. The number of pyridine rings is 1. The molecule has 1 N–H and O–H groups in total. The molecule has 0 amide bonds. The van der Waals surface area contributed by atoms with E-state index in [9.17, 15) is 4.79 Å². The number of fused-ring (bicyclic) bond motifs is 3. The molecule has 18 heavy (non-hydrogen) atoms. The van der Waals surface area contributed by atoms with Crippen LogP contribution in [0.2, 0.25) is 0 Å². The molecule has 0 spiro atoms. The number of halogens is 1. The summed E-state index contributed by atoms with van der Waals surface area (Å²) in [6.07, 6.45) is 1.61. The molecular formula is C13H12BrN3O. The molecule has 1 aromatic carbocycles. The average molecular weight is 306 g/mol. The van der Waals surface area contributed by atoms with Crippen LogP contribution in [-0.4, -0.2) is 14.8 Å². The third-order valence-corrected chi connectivity index (χ3v) is 3.72. The van der Waals surface area contributed by atoms with E-state index in [-0.39, 0.29) is 10.4 Å². The van der Waals surface area contributed by atoms with Gasteiger partial charge in [0.15, 0.2) is 0 Å². The van der Waals surface area contributed by atoms with Crippen LogP contribution in [-0.2, 0) is 7.05 Å². The first-order chi connectivity index (χ1) is 8.58. The van der Waals surface area contributed by atoms with Crippen LogP contribution >= 0.6 is 15.9 Å². The van der Waals surface area contributed by atoms with Crippen molar-refractivity contribution in [3.8, 4) is 0 Å². The lowest BCUT2D eigenvalue weighted by Gasteiger charge is -2.07. The molecule has 0 aliphatic rings. The summed E-state index contributed by atoms with van der Waals surface area (Å²) in [5.41, 5.74) is 2.77. The molecule has 0 aliphatic carbocycles. The Bertz CT molecular complexity index is 801. The highest BCUT2D eigenvalue weighted by atomic mass is 79.9. The quantitative estimate of drug-likeness (QED) is 0.703. The van der Waals surface area contributed by atoms with Crippen LogP contribution in [0.1, 0.15) is 17.3 Å². The Morgan fingerprint density at radius 3 is 2.89 bits per heavy atom. The highest BCUT2D eigenvalue weighted by Gasteiger charge is 2.10. The van der Waals surface area contributed by atoms with E-state index in [1.807, 2.05) is 19.2 Å². The zero-order valence-corrected chi connectivity index (χ0v) is 11.7. The Labute approximate surface area is 112 Å². The zero-order valence-electron chi connectivity index (χ0n) is 10.1. The van der Waals surface area contributed by atoms with Gasteiger partial charge < -0.3 is 4.98 Å². The van der Waals surface area contributed by atoms with Gasteiger partial charge in [-0.05, 0) is 18.6 Å². The second-order valence-corrected chi connectivity index (χ2v) is 5.78. The number of benzene rings is 1. The number of H-pyrrole nitrogens is 1. The standard InChI is InChI=1S/C13H12BrN3O/c1-7(14)8-3-4-9-11(5-8)16-13(18)10-6-15-17(2)12(9)10/h3-7H,1-2H3,(H,16,18). The molecule has 0 fully saturated rings. The topological polar surface area (TPSA) is 50.7 Å². The van der Waals surface area contributed by atoms with Gasteiger partial charge in [-0.15, -0.1) is 0 Å².